The molecule has 0 atom stereocenters. The molecule has 0 saturated carbocycles. The maximum Gasteiger partial charge on any atom is 0.446 e. The number of ether oxygens (including phenoxy) is 1. The summed E-state index contributed by atoms with van der Waals surface area (Å²) in [6, 6.07) is 3.93. The average molecular weight is 275 g/mol. The third-order valence-electron chi connectivity index (χ3n) is 2.08. The van der Waals surface area contributed by atoms with Gasteiger partial charge in [0.05, 0.1) is 18.2 Å². The second-order valence-electron chi connectivity index (χ2n) is 3.31. The highest BCUT2D eigenvalue weighted by Gasteiger charge is 2.31. The fourth-order valence-corrected chi connectivity index (χ4v) is 1.96. The lowest BCUT2D eigenvalue weighted by atomic mass is 10.1. The van der Waals surface area contributed by atoms with Crippen LogP contribution in [-0.2, 0) is 4.74 Å². The Labute approximate surface area is 106 Å². The SMILES string of the molecule is COC(=O)c1cc(SC(F)(F)F)c(C#N)cc1C. The van der Waals surface area contributed by atoms with Gasteiger partial charge in [-0.1, -0.05) is 0 Å². The lowest BCUT2D eigenvalue weighted by Crippen LogP contribution is -2.06. The van der Waals surface area contributed by atoms with Crippen molar-refractivity contribution in [2.75, 3.05) is 7.11 Å². The van der Waals surface area contributed by atoms with Gasteiger partial charge in [-0.25, -0.2) is 4.79 Å². The van der Waals surface area contributed by atoms with Gasteiger partial charge in [-0.3, -0.25) is 0 Å². The molecule has 3 nitrogen and oxygen atoms in total. The number of alkyl halides is 3. The van der Waals surface area contributed by atoms with Gasteiger partial charge >= 0.3 is 11.5 Å². The fraction of sp³-hybridized carbons (Fsp3) is 0.273. The quantitative estimate of drug-likeness (QED) is 0.614. The van der Waals surface area contributed by atoms with Crippen molar-refractivity contribution in [3.63, 3.8) is 0 Å². The Morgan fingerprint density at radius 2 is 2.06 bits per heavy atom. The Balaban J connectivity index is 3.32. The Hall–Kier alpha value is -1.68. The zero-order chi connectivity index (χ0) is 13.9. The molecule has 0 aliphatic heterocycles. The topological polar surface area (TPSA) is 50.1 Å². The first-order valence-corrected chi connectivity index (χ1v) is 5.49. The summed E-state index contributed by atoms with van der Waals surface area (Å²) in [7, 11) is 1.14. The minimum Gasteiger partial charge on any atom is -0.465 e. The molecule has 0 bridgehead atoms. The van der Waals surface area contributed by atoms with Crippen molar-refractivity contribution < 1.29 is 22.7 Å². The molecule has 0 aliphatic rings. The first kappa shape index (κ1) is 14.4. The minimum absolute atomic E-state index is 0.0169. The highest BCUT2D eigenvalue weighted by Crippen LogP contribution is 2.39. The zero-order valence-corrected chi connectivity index (χ0v) is 10.3. The number of hydrogen-bond acceptors (Lipinski definition) is 4. The standard InChI is InChI=1S/C11H8F3NO2S/c1-6-3-7(5-15)9(18-11(12,13)14)4-8(6)10(16)17-2/h3-4H,1-2H3. The number of esters is 1. The van der Waals surface area contributed by atoms with E-state index in [1.165, 1.54) is 13.0 Å². The van der Waals surface area contributed by atoms with Crippen LogP contribution < -0.4 is 0 Å². The molecule has 7 heteroatoms. The number of methoxy groups -OCH3 is 1. The molecule has 0 amide bonds. The van der Waals surface area contributed by atoms with Crippen molar-refractivity contribution in [2.45, 2.75) is 17.3 Å². The van der Waals surface area contributed by atoms with Crippen LogP contribution in [0.1, 0.15) is 21.5 Å². The maximum absolute atomic E-state index is 12.3. The van der Waals surface area contributed by atoms with Gasteiger partial charge < -0.3 is 4.74 Å². The van der Waals surface area contributed by atoms with Gasteiger partial charge in [-0.2, -0.15) is 18.4 Å². The average Bonchev–Trinajstić information content (AvgIpc) is 2.28. The number of nitriles is 1. The summed E-state index contributed by atoms with van der Waals surface area (Å²) in [5.74, 6) is -0.735. The molecular formula is C11H8F3NO2S. The molecule has 0 aliphatic carbocycles. The van der Waals surface area contributed by atoms with Crippen molar-refractivity contribution in [3.05, 3.63) is 28.8 Å². The normalized spacial score (nSPS) is 10.9. The van der Waals surface area contributed by atoms with Crippen LogP contribution in [-0.4, -0.2) is 18.6 Å². The monoisotopic (exact) mass is 275 g/mol. The number of carbonyl (C=O) groups excluding carboxylic acids is 1. The minimum atomic E-state index is -4.52. The Kier molecular flexibility index (Phi) is 4.24. The Morgan fingerprint density at radius 1 is 1.44 bits per heavy atom. The summed E-state index contributed by atoms with van der Waals surface area (Å²) >= 11 is -0.428. The maximum atomic E-state index is 12.3. The zero-order valence-electron chi connectivity index (χ0n) is 9.46. The van der Waals surface area contributed by atoms with Gasteiger partial charge in [-0.15, -0.1) is 0 Å². The molecule has 0 unspecified atom stereocenters. The van der Waals surface area contributed by atoms with E-state index in [4.69, 9.17) is 5.26 Å². The Bertz CT molecular complexity index is 520. The number of rotatable bonds is 2. The van der Waals surface area contributed by atoms with Crippen LogP contribution >= 0.6 is 11.8 Å². The summed E-state index contributed by atoms with van der Waals surface area (Å²) < 4.78 is 41.4. The summed E-state index contributed by atoms with van der Waals surface area (Å²) in [6.07, 6.45) is 0. The predicted molar refractivity (Wildman–Crippen MR) is 59.1 cm³/mol. The van der Waals surface area contributed by atoms with Crippen molar-refractivity contribution in [2.24, 2.45) is 0 Å². The smallest absolute Gasteiger partial charge is 0.446 e. The molecule has 1 aromatic carbocycles. The molecule has 0 fully saturated rings. The highest BCUT2D eigenvalue weighted by molar-refractivity contribution is 8.00. The van der Waals surface area contributed by atoms with Gasteiger partial charge in [0.15, 0.2) is 0 Å². The number of hydrogen-bond donors (Lipinski definition) is 0. The number of benzene rings is 1. The highest BCUT2D eigenvalue weighted by atomic mass is 32.2. The third kappa shape index (κ3) is 3.40. The first-order valence-electron chi connectivity index (χ1n) is 4.67. The molecular weight excluding hydrogens is 267 g/mol. The van der Waals surface area contributed by atoms with Crippen LogP contribution in [0.2, 0.25) is 0 Å². The van der Waals surface area contributed by atoms with E-state index in [1.54, 1.807) is 6.07 Å². The van der Waals surface area contributed by atoms with E-state index in [0.29, 0.717) is 5.56 Å². The van der Waals surface area contributed by atoms with Gasteiger partial charge in [0.1, 0.15) is 6.07 Å². The van der Waals surface area contributed by atoms with E-state index in [0.717, 1.165) is 13.2 Å². The second kappa shape index (κ2) is 5.31. The summed E-state index contributed by atoms with van der Waals surface area (Å²) in [4.78, 5) is 11.0. The number of thioether (sulfide) groups is 1. The number of aryl methyl sites for hydroxylation is 1. The summed E-state index contributed by atoms with van der Waals surface area (Å²) in [5, 5.41) is 8.78. The number of carbonyl (C=O) groups is 1. The van der Waals surface area contributed by atoms with Crippen molar-refractivity contribution >= 4 is 17.7 Å². The van der Waals surface area contributed by atoms with Gasteiger partial charge in [0.2, 0.25) is 0 Å². The summed E-state index contributed by atoms with van der Waals surface area (Å²) in [6.45, 7) is 1.52. The Morgan fingerprint density at radius 3 is 2.50 bits per heavy atom. The van der Waals surface area contributed by atoms with Crippen molar-refractivity contribution in [3.8, 4) is 6.07 Å². The van der Waals surface area contributed by atoms with Crippen LogP contribution in [0, 0.1) is 18.3 Å². The molecule has 0 radical (unpaired) electrons. The molecule has 1 rings (SSSR count). The number of halogens is 3. The molecule has 0 N–H and O–H groups in total. The second-order valence-corrected chi connectivity index (χ2v) is 4.42. The fourth-order valence-electron chi connectivity index (χ4n) is 1.31. The van der Waals surface area contributed by atoms with E-state index in [9.17, 15) is 18.0 Å². The predicted octanol–water partition coefficient (Wildman–Crippen LogP) is 3.27. The van der Waals surface area contributed by atoms with E-state index in [-0.39, 0.29) is 16.0 Å². The van der Waals surface area contributed by atoms with Gasteiger partial charge in [-0.05, 0) is 36.4 Å². The van der Waals surface area contributed by atoms with Crippen molar-refractivity contribution in [1.82, 2.24) is 0 Å². The summed E-state index contributed by atoms with van der Waals surface area (Å²) in [5.41, 5.74) is -4.23. The van der Waals surface area contributed by atoms with Gasteiger partial charge in [0, 0.05) is 4.90 Å². The largest absolute Gasteiger partial charge is 0.465 e. The molecule has 18 heavy (non-hydrogen) atoms. The van der Waals surface area contributed by atoms with Gasteiger partial charge in [0.25, 0.3) is 0 Å². The first-order chi connectivity index (χ1) is 8.28. The van der Waals surface area contributed by atoms with Crippen LogP contribution in [0.3, 0.4) is 0 Å². The lowest BCUT2D eigenvalue weighted by Gasteiger charge is -2.10. The van der Waals surface area contributed by atoms with E-state index >= 15 is 0 Å². The molecule has 0 aromatic heterocycles. The van der Waals surface area contributed by atoms with Crippen molar-refractivity contribution in [1.29, 1.82) is 5.26 Å². The molecule has 96 valence electrons. The van der Waals surface area contributed by atoms with E-state index in [2.05, 4.69) is 4.74 Å². The van der Waals surface area contributed by atoms with E-state index < -0.39 is 23.2 Å². The lowest BCUT2D eigenvalue weighted by molar-refractivity contribution is -0.0328. The van der Waals surface area contributed by atoms with E-state index in [1.807, 2.05) is 0 Å². The molecule has 0 heterocycles. The van der Waals surface area contributed by atoms with Crippen LogP contribution in [0.4, 0.5) is 13.2 Å². The third-order valence-corrected chi connectivity index (χ3v) is 2.87. The molecule has 1 aromatic rings. The van der Waals surface area contributed by atoms with Crippen LogP contribution in [0.25, 0.3) is 0 Å². The van der Waals surface area contributed by atoms with Crippen LogP contribution in [0.5, 0.6) is 0 Å². The molecule has 0 spiro atoms. The number of nitrogens with zero attached hydrogens (tertiary/aromatic N) is 1. The van der Waals surface area contributed by atoms with Crippen LogP contribution in [0.15, 0.2) is 17.0 Å². The molecule has 0 saturated heterocycles.